The topological polar surface area (TPSA) is 111 Å². The second-order valence-corrected chi connectivity index (χ2v) is 1.10. The number of nitrogens with zero attached hydrogens (tertiary/aromatic N) is 1. The summed E-state index contributed by atoms with van der Waals surface area (Å²) >= 11 is 0. The molecule has 0 aromatic rings. The first kappa shape index (κ1) is 6.83. The molecule has 6 nitrogen and oxygen atoms in total. The summed E-state index contributed by atoms with van der Waals surface area (Å²) in [6.07, 6.45) is -1.17. The lowest BCUT2D eigenvalue weighted by Crippen LogP contribution is -2.45. The second-order valence-electron chi connectivity index (χ2n) is 1.10. The molecule has 1 amide bonds. The largest absolute Gasteiger partial charge is 0.367 e. The highest BCUT2D eigenvalue weighted by molar-refractivity contribution is 5.78. The van der Waals surface area contributed by atoms with E-state index in [1.165, 1.54) is 0 Å². The van der Waals surface area contributed by atoms with Gasteiger partial charge in [-0.1, -0.05) is 0 Å². The van der Waals surface area contributed by atoms with Gasteiger partial charge in [0, 0.05) is 0 Å². The fourth-order valence-electron chi connectivity index (χ4n) is 0.120. The van der Waals surface area contributed by atoms with Crippen molar-refractivity contribution < 1.29 is 4.79 Å². The highest BCUT2D eigenvalue weighted by atomic mass is 16.3. The van der Waals surface area contributed by atoms with Gasteiger partial charge in [-0.05, 0) is 0 Å². The molecular formula is C2H6N4O2. The van der Waals surface area contributed by atoms with Crippen molar-refractivity contribution in [2.45, 2.75) is 6.17 Å². The summed E-state index contributed by atoms with van der Waals surface area (Å²) in [6.45, 7) is 0. The molecule has 0 radical (unpaired) electrons. The van der Waals surface area contributed by atoms with Crippen molar-refractivity contribution in [3.63, 3.8) is 0 Å². The van der Waals surface area contributed by atoms with Gasteiger partial charge < -0.3 is 11.5 Å². The Balaban J connectivity index is 3.46. The van der Waals surface area contributed by atoms with Crippen molar-refractivity contribution in [2.75, 3.05) is 0 Å². The van der Waals surface area contributed by atoms with Crippen LogP contribution in [-0.4, -0.2) is 12.1 Å². The molecule has 0 aromatic carbocycles. The molecule has 1 atom stereocenters. The Hall–Kier alpha value is -1.17. The molecular weight excluding hydrogens is 112 g/mol. The van der Waals surface area contributed by atoms with Crippen LogP contribution in [0.5, 0.6) is 0 Å². The van der Waals surface area contributed by atoms with Crippen molar-refractivity contribution in [2.24, 2.45) is 16.8 Å². The molecule has 5 N–H and O–H groups in total. The fraction of sp³-hybridized carbons (Fsp3) is 0.500. The highest BCUT2D eigenvalue weighted by Gasteiger charge is 2.05. The quantitative estimate of drug-likeness (QED) is 0.226. The van der Waals surface area contributed by atoms with E-state index in [0.29, 0.717) is 0 Å². The van der Waals surface area contributed by atoms with Crippen LogP contribution in [0.2, 0.25) is 0 Å². The van der Waals surface area contributed by atoms with E-state index in [4.69, 9.17) is 5.73 Å². The molecule has 0 fully saturated rings. The van der Waals surface area contributed by atoms with Crippen molar-refractivity contribution in [1.29, 1.82) is 0 Å². The maximum absolute atomic E-state index is 9.93. The van der Waals surface area contributed by atoms with E-state index >= 15 is 0 Å². The van der Waals surface area contributed by atoms with E-state index in [2.05, 4.69) is 11.0 Å². The van der Waals surface area contributed by atoms with Crippen LogP contribution in [0.1, 0.15) is 0 Å². The molecule has 0 saturated heterocycles. The number of carbonyl (C=O) groups is 1. The summed E-state index contributed by atoms with van der Waals surface area (Å²) in [4.78, 5) is 19.2. The van der Waals surface area contributed by atoms with Crippen LogP contribution in [0.15, 0.2) is 5.29 Å². The fourth-order valence-corrected chi connectivity index (χ4v) is 0.120. The van der Waals surface area contributed by atoms with Gasteiger partial charge in [-0.2, -0.15) is 0 Å². The van der Waals surface area contributed by atoms with E-state index in [9.17, 15) is 9.70 Å². The first-order valence-corrected chi connectivity index (χ1v) is 1.81. The average Bonchev–Trinajstić information content (AvgIpc) is 1.67. The second kappa shape index (κ2) is 2.92. The van der Waals surface area contributed by atoms with Crippen LogP contribution >= 0.6 is 0 Å². The number of nitrogens with one attached hydrogen (secondary N) is 1. The van der Waals surface area contributed by atoms with Crippen LogP contribution in [0, 0.1) is 4.91 Å². The lowest BCUT2D eigenvalue weighted by atomic mass is 10.5. The Bertz CT molecular complexity index is 102. The summed E-state index contributed by atoms with van der Waals surface area (Å²) in [7, 11) is 0. The van der Waals surface area contributed by atoms with Gasteiger partial charge in [0.1, 0.15) is 0 Å². The Morgan fingerprint density at radius 2 is 2.25 bits per heavy atom. The smallest absolute Gasteiger partial charge is 0.256 e. The summed E-state index contributed by atoms with van der Waals surface area (Å²) in [5.41, 5.74) is 11.2. The first-order chi connectivity index (χ1) is 3.68. The number of hydrogen-bond acceptors (Lipinski definition) is 4. The molecule has 0 aromatic heterocycles. The number of carbonyl (C=O) groups excluding carboxylic acids is 1. The number of nitroso groups, excluding NO2 is 1. The van der Waals surface area contributed by atoms with Gasteiger partial charge in [0.05, 0.1) is 5.29 Å². The van der Waals surface area contributed by atoms with Gasteiger partial charge >= 0.3 is 0 Å². The predicted octanol–water partition coefficient (Wildman–Crippen LogP) is -1.97. The number of hydrogen-bond donors (Lipinski definition) is 3. The van der Waals surface area contributed by atoms with Gasteiger partial charge in [0.25, 0.3) is 5.91 Å². The van der Waals surface area contributed by atoms with Gasteiger partial charge in [0.2, 0.25) is 0 Å². The van der Waals surface area contributed by atoms with Crippen molar-refractivity contribution in [3.05, 3.63) is 4.91 Å². The third-order valence-electron chi connectivity index (χ3n) is 0.498. The summed E-state index contributed by atoms with van der Waals surface area (Å²) in [5, 5.41) is 2.13. The number of rotatable bonds is 3. The zero-order valence-corrected chi connectivity index (χ0v) is 4.00. The minimum atomic E-state index is -1.17. The highest BCUT2D eigenvalue weighted by Crippen LogP contribution is 1.64. The molecule has 6 heteroatoms. The zero-order valence-electron chi connectivity index (χ0n) is 4.00. The van der Waals surface area contributed by atoms with Gasteiger partial charge in [-0.25, -0.2) is 5.43 Å². The molecule has 1 unspecified atom stereocenters. The molecule has 0 aliphatic heterocycles. The number of primary amides is 1. The standard InChI is InChI=1S/C2H6N4O2/c3-1(2(4)7)5-6-8/h1H,3H2,(H2,4,7)(H,5,8). The van der Waals surface area contributed by atoms with Crippen LogP contribution in [-0.2, 0) is 4.79 Å². The molecule has 0 spiro atoms. The lowest BCUT2D eigenvalue weighted by Gasteiger charge is -2.00. The van der Waals surface area contributed by atoms with Crippen LogP contribution < -0.4 is 16.9 Å². The van der Waals surface area contributed by atoms with Crippen molar-refractivity contribution in [3.8, 4) is 0 Å². The Kier molecular flexibility index (Phi) is 2.49. The minimum Gasteiger partial charge on any atom is -0.367 e. The molecule has 0 rings (SSSR count). The maximum atomic E-state index is 9.93. The predicted molar refractivity (Wildman–Crippen MR) is 26.1 cm³/mol. The van der Waals surface area contributed by atoms with Gasteiger partial charge in [-0.15, -0.1) is 4.91 Å². The Morgan fingerprint density at radius 1 is 1.75 bits per heavy atom. The molecule has 0 heterocycles. The number of amides is 1. The van der Waals surface area contributed by atoms with E-state index in [-0.39, 0.29) is 0 Å². The molecule has 0 saturated carbocycles. The van der Waals surface area contributed by atoms with Gasteiger partial charge in [-0.3, -0.25) is 4.79 Å². The molecule has 0 aliphatic rings. The molecule has 0 bridgehead atoms. The summed E-state index contributed by atoms with van der Waals surface area (Å²) in [6, 6.07) is 0. The van der Waals surface area contributed by atoms with Crippen LogP contribution in [0.3, 0.4) is 0 Å². The number of nitrogens with two attached hydrogens (primary N) is 2. The van der Waals surface area contributed by atoms with Gasteiger partial charge in [0.15, 0.2) is 6.17 Å². The Labute approximate surface area is 45.2 Å². The van der Waals surface area contributed by atoms with Crippen molar-refractivity contribution in [1.82, 2.24) is 5.43 Å². The first-order valence-electron chi connectivity index (χ1n) is 1.81. The SMILES string of the molecule is NC(=O)C(N)NN=O. The van der Waals surface area contributed by atoms with Crippen LogP contribution in [0.25, 0.3) is 0 Å². The lowest BCUT2D eigenvalue weighted by molar-refractivity contribution is -0.119. The summed E-state index contributed by atoms with van der Waals surface area (Å²) < 4.78 is 0. The van der Waals surface area contributed by atoms with E-state index in [1.54, 1.807) is 5.43 Å². The molecule has 8 heavy (non-hydrogen) atoms. The molecule has 0 aliphatic carbocycles. The third kappa shape index (κ3) is 2.08. The molecule has 46 valence electrons. The van der Waals surface area contributed by atoms with E-state index in [1.807, 2.05) is 0 Å². The maximum Gasteiger partial charge on any atom is 0.256 e. The zero-order chi connectivity index (χ0) is 6.57. The van der Waals surface area contributed by atoms with E-state index < -0.39 is 12.1 Å². The normalized spacial score (nSPS) is 12.1. The van der Waals surface area contributed by atoms with E-state index in [0.717, 1.165) is 0 Å². The van der Waals surface area contributed by atoms with Crippen LogP contribution in [0.4, 0.5) is 0 Å². The summed E-state index contributed by atoms with van der Waals surface area (Å²) in [5.74, 6) is -0.815. The van der Waals surface area contributed by atoms with Crippen molar-refractivity contribution >= 4 is 5.91 Å². The minimum absolute atomic E-state index is 0.815. The third-order valence-corrected chi connectivity index (χ3v) is 0.498. The Morgan fingerprint density at radius 3 is 2.38 bits per heavy atom. The average molecular weight is 118 g/mol. The monoisotopic (exact) mass is 118 g/mol.